The van der Waals surface area contributed by atoms with Crippen molar-refractivity contribution in [2.45, 2.75) is 33.6 Å². The molecule has 0 aromatic heterocycles. The molecular formula is C10H21O4P. The van der Waals surface area contributed by atoms with Crippen molar-refractivity contribution in [2.24, 2.45) is 5.92 Å². The molecule has 1 atom stereocenters. The number of hydrogen-bond donors (Lipinski definition) is 0. The first-order chi connectivity index (χ1) is 7.11. The van der Waals surface area contributed by atoms with E-state index in [0.29, 0.717) is 13.2 Å². The van der Waals surface area contributed by atoms with Crippen molar-refractivity contribution >= 4 is 13.9 Å². The SMILES string of the molecule is CCCC(C=O)CP(=O)(OCC)OCC. The van der Waals surface area contributed by atoms with Gasteiger partial charge in [0.2, 0.25) is 0 Å². The van der Waals surface area contributed by atoms with E-state index in [1.165, 1.54) is 0 Å². The van der Waals surface area contributed by atoms with Crippen molar-refractivity contribution in [3.05, 3.63) is 0 Å². The molecule has 5 heteroatoms. The van der Waals surface area contributed by atoms with Gasteiger partial charge in [0.05, 0.1) is 19.4 Å². The summed E-state index contributed by atoms with van der Waals surface area (Å²) in [6, 6.07) is 0. The Hall–Kier alpha value is -0.180. The summed E-state index contributed by atoms with van der Waals surface area (Å²) in [6.07, 6.45) is 2.66. The molecule has 0 heterocycles. The maximum Gasteiger partial charge on any atom is 0.331 e. The van der Waals surface area contributed by atoms with Crippen molar-refractivity contribution in [2.75, 3.05) is 19.4 Å². The van der Waals surface area contributed by atoms with Crippen LogP contribution in [-0.2, 0) is 18.4 Å². The van der Waals surface area contributed by atoms with E-state index in [4.69, 9.17) is 9.05 Å². The van der Waals surface area contributed by atoms with E-state index >= 15 is 0 Å². The molecule has 90 valence electrons. The molecule has 4 nitrogen and oxygen atoms in total. The molecule has 15 heavy (non-hydrogen) atoms. The number of rotatable bonds is 9. The van der Waals surface area contributed by atoms with Crippen molar-refractivity contribution in [3.8, 4) is 0 Å². The van der Waals surface area contributed by atoms with E-state index in [1.807, 2.05) is 6.92 Å². The van der Waals surface area contributed by atoms with Gasteiger partial charge in [0.1, 0.15) is 6.29 Å². The highest BCUT2D eigenvalue weighted by molar-refractivity contribution is 7.53. The second kappa shape index (κ2) is 8.03. The Morgan fingerprint density at radius 1 is 1.20 bits per heavy atom. The number of hydrogen-bond acceptors (Lipinski definition) is 4. The van der Waals surface area contributed by atoms with E-state index in [2.05, 4.69) is 0 Å². The van der Waals surface area contributed by atoms with Crippen LogP contribution in [0.25, 0.3) is 0 Å². The third kappa shape index (κ3) is 6.08. The quantitative estimate of drug-likeness (QED) is 0.456. The van der Waals surface area contributed by atoms with Crippen LogP contribution in [0.3, 0.4) is 0 Å². The average Bonchev–Trinajstić information content (AvgIpc) is 2.17. The van der Waals surface area contributed by atoms with Crippen molar-refractivity contribution in [3.63, 3.8) is 0 Å². The molecule has 0 aromatic rings. The molecule has 1 unspecified atom stereocenters. The van der Waals surface area contributed by atoms with Gasteiger partial charge < -0.3 is 13.8 Å². The summed E-state index contributed by atoms with van der Waals surface area (Å²) in [4.78, 5) is 10.7. The highest BCUT2D eigenvalue weighted by Gasteiger charge is 2.27. The summed E-state index contributed by atoms with van der Waals surface area (Å²) >= 11 is 0. The summed E-state index contributed by atoms with van der Waals surface area (Å²) in [7, 11) is -3.05. The van der Waals surface area contributed by atoms with Gasteiger partial charge >= 0.3 is 7.60 Å². The van der Waals surface area contributed by atoms with Gasteiger partial charge in [0.25, 0.3) is 0 Å². The maximum atomic E-state index is 12.1. The first kappa shape index (κ1) is 14.8. The number of carbonyl (C=O) groups is 1. The average molecular weight is 236 g/mol. The van der Waals surface area contributed by atoms with Crippen LogP contribution < -0.4 is 0 Å². The zero-order valence-electron chi connectivity index (χ0n) is 9.77. The largest absolute Gasteiger partial charge is 0.331 e. The van der Waals surface area contributed by atoms with Crippen LogP contribution in [0.4, 0.5) is 0 Å². The zero-order valence-corrected chi connectivity index (χ0v) is 10.7. The monoisotopic (exact) mass is 236 g/mol. The van der Waals surface area contributed by atoms with Crippen LogP contribution in [0.5, 0.6) is 0 Å². The van der Waals surface area contributed by atoms with Gasteiger partial charge in [0.15, 0.2) is 0 Å². The van der Waals surface area contributed by atoms with Crippen molar-refractivity contribution in [1.82, 2.24) is 0 Å². The second-order valence-electron chi connectivity index (χ2n) is 3.31. The molecule has 0 radical (unpaired) electrons. The van der Waals surface area contributed by atoms with Gasteiger partial charge in [-0.25, -0.2) is 0 Å². The Kier molecular flexibility index (Phi) is 7.93. The highest BCUT2D eigenvalue weighted by atomic mass is 31.2. The minimum absolute atomic E-state index is 0.200. The molecule has 0 fully saturated rings. The fraction of sp³-hybridized carbons (Fsp3) is 0.900. The molecule has 0 aliphatic carbocycles. The van der Waals surface area contributed by atoms with Crippen molar-refractivity contribution < 1.29 is 18.4 Å². The third-order valence-electron chi connectivity index (χ3n) is 1.96. The Labute approximate surface area is 91.9 Å². The van der Waals surface area contributed by atoms with Crippen LogP contribution >= 0.6 is 7.60 Å². The highest BCUT2D eigenvalue weighted by Crippen LogP contribution is 2.49. The molecule has 0 saturated heterocycles. The molecule has 0 bridgehead atoms. The Morgan fingerprint density at radius 2 is 1.73 bits per heavy atom. The lowest BCUT2D eigenvalue weighted by Gasteiger charge is -2.19. The topological polar surface area (TPSA) is 52.6 Å². The van der Waals surface area contributed by atoms with E-state index in [9.17, 15) is 9.36 Å². The smallest absolute Gasteiger partial charge is 0.309 e. The van der Waals surface area contributed by atoms with Crippen LogP contribution in [-0.4, -0.2) is 25.7 Å². The molecule has 0 rings (SSSR count). The third-order valence-corrected chi connectivity index (χ3v) is 4.18. The predicted octanol–water partition coefficient (Wildman–Crippen LogP) is 2.87. The molecular weight excluding hydrogens is 215 g/mol. The summed E-state index contributed by atoms with van der Waals surface area (Å²) in [5.74, 6) is -0.223. The zero-order chi connectivity index (χ0) is 11.7. The van der Waals surface area contributed by atoms with E-state index in [0.717, 1.165) is 19.1 Å². The van der Waals surface area contributed by atoms with E-state index < -0.39 is 7.60 Å². The van der Waals surface area contributed by atoms with Gasteiger partial charge in [-0.3, -0.25) is 4.57 Å². The van der Waals surface area contributed by atoms with Crippen molar-refractivity contribution in [1.29, 1.82) is 0 Å². The van der Waals surface area contributed by atoms with E-state index in [1.54, 1.807) is 13.8 Å². The lowest BCUT2D eigenvalue weighted by molar-refractivity contribution is -0.110. The summed E-state index contributed by atoms with van der Waals surface area (Å²) in [6.45, 7) is 6.20. The lowest BCUT2D eigenvalue weighted by Crippen LogP contribution is -2.11. The molecule has 0 aliphatic heterocycles. The predicted molar refractivity (Wildman–Crippen MR) is 60.2 cm³/mol. The number of carbonyl (C=O) groups excluding carboxylic acids is 1. The molecule has 0 amide bonds. The van der Waals surface area contributed by atoms with Crippen LogP contribution in [0, 0.1) is 5.92 Å². The van der Waals surface area contributed by atoms with Crippen LogP contribution in [0.1, 0.15) is 33.6 Å². The minimum Gasteiger partial charge on any atom is -0.309 e. The minimum atomic E-state index is -3.05. The van der Waals surface area contributed by atoms with Gasteiger partial charge in [-0.2, -0.15) is 0 Å². The number of aldehydes is 1. The van der Waals surface area contributed by atoms with Gasteiger partial charge in [-0.1, -0.05) is 13.3 Å². The lowest BCUT2D eigenvalue weighted by atomic mass is 10.1. The molecule has 0 spiro atoms. The first-order valence-corrected chi connectivity index (χ1v) is 7.18. The molecule has 0 aromatic carbocycles. The molecule has 0 aliphatic rings. The van der Waals surface area contributed by atoms with Gasteiger partial charge in [-0.15, -0.1) is 0 Å². The first-order valence-electron chi connectivity index (χ1n) is 5.45. The Bertz CT molecular complexity index is 207. The van der Waals surface area contributed by atoms with Crippen LogP contribution in [0.15, 0.2) is 0 Å². The summed E-state index contributed by atoms with van der Waals surface area (Å²) in [5.41, 5.74) is 0. The second-order valence-corrected chi connectivity index (χ2v) is 5.42. The van der Waals surface area contributed by atoms with E-state index in [-0.39, 0.29) is 12.1 Å². The summed E-state index contributed by atoms with van der Waals surface area (Å²) in [5, 5.41) is 0. The molecule has 0 saturated carbocycles. The normalized spacial score (nSPS) is 13.8. The maximum absolute atomic E-state index is 12.1. The fourth-order valence-corrected chi connectivity index (χ4v) is 3.31. The fourth-order valence-electron chi connectivity index (χ4n) is 1.40. The Balaban J connectivity index is 4.36. The standard InChI is InChI=1S/C10H21O4P/c1-4-7-10(8-11)9-15(12,13-5-2)14-6-3/h8,10H,4-7,9H2,1-3H3. The van der Waals surface area contributed by atoms with Gasteiger partial charge in [-0.05, 0) is 20.3 Å². The summed E-state index contributed by atoms with van der Waals surface area (Å²) < 4.78 is 22.3. The van der Waals surface area contributed by atoms with Gasteiger partial charge in [0, 0.05) is 5.92 Å². The Morgan fingerprint density at radius 3 is 2.07 bits per heavy atom. The molecule has 0 N–H and O–H groups in total. The van der Waals surface area contributed by atoms with Crippen LogP contribution in [0.2, 0.25) is 0 Å².